The predicted molar refractivity (Wildman–Crippen MR) is 57.1 cm³/mol. The van der Waals surface area contributed by atoms with E-state index in [4.69, 9.17) is 0 Å². The Morgan fingerprint density at radius 2 is 1.76 bits per heavy atom. The topological polar surface area (TPSA) is 65.2 Å². The maximum Gasteiger partial charge on any atom is 0.169 e. The summed E-state index contributed by atoms with van der Waals surface area (Å²) in [5.41, 5.74) is 4.50. The van der Waals surface area contributed by atoms with Gasteiger partial charge in [-0.25, -0.2) is 4.98 Å². The number of hydrogen-bond donors (Lipinski definition) is 2. The molecule has 1 fully saturated rings. The van der Waals surface area contributed by atoms with Crippen LogP contribution in [0.5, 0.6) is 0 Å². The van der Waals surface area contributed by atoms with Gasteiger partial charge in [0.25, 0.3) is 0 Å². The highest BCUT2D eigenvalue weighted by Crippen LogP contribution is 2.24. The summed E-state index contributed by atoms with van der Waals surface area (Å²) in [5, 5.41) is 10.0. The van der Waals surface area contributed by atoms with E-state index >= 15 is 0 Å². The smallest absolute Gasteiger partial charge is 0.169 e. The second kappa shape index (κ2) is 7.01. The molecule has 1 aliphatic heterocycles. The second-order valence-corrected chi connectivity index (χ2v) is 4.22. The third-order valence-corrected chi connectivity index (χ3v) is 3.23. The number of aromatic nitrogens is 1. The van der Waals surface area contributed by atoms with E-state index in [1.807, 2.05) is 12.4 Å². The van der Waals surface area contributed by atoms with E-state index in [-0.39, 0.29) is 24.8 Å². The van der Waals surface area contributed by atoms with Gasteiger partial charge in [0.15, 0.2) is 12.4 Å². The number of pyridine rings is 1. The maximum absolute atomic E-state index is 10.0. The van der Waals surface area contributed by atoms with E-state index in [9.17, 15) is 5.11 Å². The first kappa shape index (κ1) is 16.4. The van der Waals surface area contributed by atoms with E-state index < -0.39 is 5.60 Å². The predicted octanol–water partition coefficient (Wildman–Crippen LogP) is -6.92. The fraction of sp³-hybridized carbons (Fsp3) is 0.545. The van der Waals surface area contributed by atoms with Crippen LogP contribution in [-0.4, -0.2) is 30.3 Å². The summed E-state index contributed by atoms with van der Waals surface area (Å²) < 4.78 is 0. The summed E-state index contributed by atoms with van der Waals surface area (Å²) in [4.78, 5) is 5.32. The van der Waals surface area contributed by atoms with Gasteiger partial charge in [-0.05, 0) is 12.8 Å². The number of rotatable bonds is 2. The van der Waals surface area contributed by atoms with E-state index in [1.165, 1.54) is 5.69 Å². The van der Waals surface area contributed by atoms with Crippen molar-refractivity contribution in [2.24, 2.45) is 0 Å². The minimum atomic E-state index is -0.530. The first-order valence-electron chi connectivity index (χ1n) is 5.46. The fourth-order valence-electron chi connectivity index (χ4n) is 2.02. The number of hydrogen-bond acceptors (Lipinski definition) is 2. The minimum absolute atomic E-state index is 0. The van der Waals surface area contributed by atoms with Gasteiger partial charge in [-0.3, -0.25) is 0 Å². The quantitative estimate of drug-likeness (QED) is 0.565. The Morgan fingerprint density at radius 1 is 1.24 bits per heavy atom. The summed E-state index contributed by atoms with van der Waals surface area (Å²) in [5.74, 6) is 0. The molecule has 6 heteroatoms. The van der Waals surface area contributed by atoms with Crippen molar-refractivity contribution in [3.8, 4) is 0 Å². The van der Waals surface area contributed by atoms with Crippen LogP contribution in [-0.2, 0) is 0 Å². The molecular formula is C11H19Cl2N3O. The van der Waals surface area contributed by atoms with Crippen LogP contribution in [0.3, 0.4) is 0 Å². The molecule has 0 atom stereocenters. The first-order valence-corrected chi connectivity index (χ1v) is 5.46. The van der Waals surface area contributed by atoms with Crippen molar-refractivity contribution in [3.63, 3.8) is 0 Å². The molecular weight excluding hydrogens is 261 g/mol. The Kier molecular flexibility index (Phi) is 6.78. The van der Waals surface area contributed by atoms with Crippen molar-refractivity contribution >= 4 is 5.69 Å². The average Bonchev–Trinajstić information content (AvgIpc) is 2.31. The van der Waals surface area contributed by atoms with Crippen molar-refractivity contribution in [1.29, 1.82) is 0 Å². The van der Waals surface area contributed by atoms with Gasteiger partial charge in [0.1, 0.15) is 12.1 Å². The summed E-state index contributed by atoms with van der Waals surface area (Å²) in [7, 11) is 0. The molecule has 0 bridgehead atoms. The molecule has 4 nitrogen and oxygen atoms in total. The van der Waals surface area contributed by atoms with Crippen LogP contribution in [0.15, 0.2) is 24.5 Å². The van der Waals surface area contributed by atoms with Crippen LogP contribution in [0.2, 0.25) is 0 Å². The Morgan fingerprint density at radius 3 is 2.24 bits per heavy atom. The Bertz CT molecular complexity index is 316. The highest BCUT2D eigenvalue weighted by Gasteiger charge is 2.32. The van der Waals surface area contributed by atoms with E-state index in [1.54, 1.807) is 0 Å². The van der Waals surface area contributed by atoms with Crippen LogP contribution >= 0.6 is 0 Å². The normalized spacial score (nSPS) is 17.9. The zero-order valence-corrected chi connectivity index (χ0v) is 11.2. The monoisotopic (exact) mass is 279 g/mol. The molecule has 2 heterocycles. The Labute approximate surface area is 114 Å². The SMILES string of the molecule is [Cl-].[Cl-].[NH3+]CC1(O)CCN(c2cc[nH+]cc2)CC1. The summed E-state index contributed by atoms with van der Waals surface area (Å²) in [6.07, 6.45) is 5.49. The molecule has 1 aromatic rings. The van der Waals surface area contributed by atoms with E-state index in [2.05, 4.69) is 27.8 Å². The standard InChI is InChI=1S/C11H17N3O.2ClH/c12-9-11(15)3-7-14(8-4-11)10-1-5-13-6-2-10;;/h1-2,5-6,15H,3-4,7-9,12H2;2*1H. The number of H-pyrrole nitrogens is 1. The zero-order chi connectivity index (χ0) is 10.7. The third-order valence-electron chi connectivity index (χ3n) is 3.23. The molecule has 1 aromatic heterocycles. The van der Waals surface area contributed by atoms with Crippen molar-refractivity contribution < 1.29 is 40.6 Å². The molecule has 17 heavy (non-hydrogen) atoms. The number of halogens is 2. The van der Waals surface area contributed by atoms with Gasteiger partial charge in [-0.15, -0.1) is 0 Å². The molecule has 0 amide bonds. The summed E-state index contributed by atoms with van der Waals surface area (Å²) in [6, 6.07) is 4.13. The molecule has 0 aromatic carbocycles. The highest BCUT2D eigenvalue weighted by molar-refractivity contribution is 5.44. The van der Waals surface area contributed by atoms with Crippen molar-refractivity contribution in [2.45, 2.75) is 18.4 Å². The van der Waals surface area contributed by atoms with E-state index in [0.717, 1.165) is 25.9 Å². The molecule has 1 aliphatic rings. The second-order valence-electron chi connectivity index (χ2n) is 4.22. The number of nitrogens with zero attached hydrogens (tertiary/aromatic N) is 1. The van der Waals surface area contributed by atoms with Crippen LogP contribution in [0.25, 0.3) is 0 Å². The molecule has 0 unspecified atom stereocenters. The number of quaternary nitrogens is 1. The molecule has 1 saturated heterocycles. The van der Waals surface area contributed by atoms with Crippen molar-refractivity contribution in [1.82, 2.24) is 0 Å². The lowest BCUT2D eigenvalue weighted by molar-refractivity contribution is -0.401. The first-order chi connectivity index (χ1) is 7.23. The lowest BCUT2D eigenvalue weighted by Gasteiger charge is -2.37. The van der Waals surface area contributed by atoms with Gasteiger partial charge >= 0.3 is 0 Å². The van der Waals surface area contributed by atoms with Gasteiger partial charge in [0.05, 0.1) is 0 Å². The number of aliphatic hydroxyl groups is 1. The number of anilines is 1. The fourth-order valence-corrected chi connectivity index (χ4v) is 2.02. The number of aromatic amines is 1. The van der Waals surface area contributed by atoms with Crippen LogP contribution in [0, 0.1) is 0 Å². The van der Waals surface area contributed by atoms with Crippen LogP contribution < -0.4 is 40.4 Å². The van der Waals surface area contributed by atoms with Crippen LogP contribution in [0.1, 0.15) is 12.8 Å². The Balaban J connectivity index is 0.00000128. The van der Waals surface area contributed by atoms with Gasteiger partial charge in [0.2, 0.25) is 0 Å². The molecule has 5 N–H and O–H groups in total. The van der Waals surface area contributed by atoms with Gasteiger partial charge in [0, 0.05) is 30.9 Å². The molecule has 98 valence electrons. The van der Waals surface area contributed by atoms with Crippen molar-refractivity contribution in [3.05, 3.63) is 24.5 Å². The average molecular weight is 280 g/mol. The largest absolute Gasteiger partial charge is 1.00 e. The Hall–Kier alpha value is -0.550. The number of nitrogens with one attached hydrogen (secondary N) is 1. The molecule has 0 spiro atoms. The maximum atomic E-state index is 10.0. The molecule has 2 rings (SSSR count). The zero-order valence-electron chi connectivity index (χ0n) is 9.70. The minimum Gasteiger partial charge on any atom is -1.00 e. The third kappa shape index (κ3) is 4.00. The lowest BCUT2D eigenvalue weighted by Crippen LogP contribution is -3.00. The molecule has 0 radical (unpaired) electrons. The summed E-state index contributed by atoms with van der Waals surface area (Å²) in [6.45, 7) is 2.44. The van der Waals surface area contributed by atoms with Gasteiger partial charge in [-0.1, -0.05) is 0 Å². The molecule has 0 aliphatic carbocycles. The van der Waals surface area contributed by atoms with Gasteiger partial charge in [-0.2, -0.15) is 0 Å². The van der Waals surface area contributed by atoms with E-state index in [0.29, 0.717) is 6.54 Å². The van der Waals surface area contributed by atoms with Gasteiger partial charge < -0.3 is 40.6 Å². The van der Waals surface area contributed by atoms with Crippen molar-refractivity contribution in [2.75, 3.05) is 24.5 Å². The highest BCUT2D eigenvalue weighted by atomic mass is 35.5. The van der Waals surface area contributed by atoms with Crippen LogP contribution in [0.4, 0.5) is 5.69 Å². The molecule has 0 saturated carbocycles. The summed E-state index contributed by atoms with van der Waals surface area (Å²) >= 11 is 0. The lowest BCUT2D eigenvalue weighted by atomic mass is 9.91. The number of piperidine rings is 1.